The lowest BCUT2D eigenvalue weighted by Crippen LogP contribution is -2.43. The van der Waals surface area contributed by atoms with Crippen molar-refractivity contribution >= 4 is 16.8 Å². The predicted molar refractivity (Wildman–Crippen MR) is 102 cm³/mol. The minimum Gasteiger partial charge on any atom is -0.379 e. The molecule has 1 atom stereocenters. The number of benzene rings is 2. The Bertz CT molecular complexity index is 884. The Morgan fingerprint density at radius 3 is 2.63 bits per heavy atom. The second-order valence-electron chi connectivity index (χ2n) is 6.70. The summed E-state index contributed by atoms with van der Waals surface area (Å²) in [7, 11) is 0. The molecule has 0 spiro atoms. The van der Waals surface area contributed by atoms with Crippen LogP contribution < -0.4 is 5.32 Å². The van der Waals surface area contributed by atoms with E-state index in [1.54, 1.807) is 12.1 Å². The van der Waals surface area contributed by atoms with E-state index in [1.165, 1.54) is 12.1 Å². The number of H-pyrrole nitrogens is 1. The van der Waals surface area contributed by atoms with Gasteiger partial charge in [0.25, 0.3) is 5.91 Å². The highest BCUT2D eigenvalue weighted by Gasteiger charge is 2.23. The van der Waals surface area contributed by atoms with Crippen LogP contribution in [-0.2, 0) is 4.74 Å². The molecule has 1 saturated heterocycles. The molecule has 1 aliphatic heterocycles. The van der Waals surface area contributed by atoms with E-state index in [1.807, 2.05) is 30.3 Å². The molecule has 5 nitrogen and oxygen atoms in total. The summed E-state index contributed by atoms with van der Waals surface area (Å²) < 4.78 is 18.8. The summed E-state index contributed by atoms with van der Waals surface area (Å²) in [5, 5.41) is 4.03. The number of aromatic amines is 1. The molecule has 2 aromatic carbocycles. The summed E-state index contributed by atoms with van der Waals surface area (Å²) in [6.45, 7) is 3.33. The fourth-order valence-corrected chi connectivity index (χ4v) is 3.51. The normalized spacial score (nSPS) is 16.3. The van der Waals surface area contributed by atoms with Crippen LogP contribution in [-0.4, -0.2) is 48.6 Å². The smallest absolute Gasteiger partial charge is 0.267 e. The maximum absolute atomic E-state index is 13.3. The monoisotopic (exact) mass is 367 g/mol. The van der Waals surface area contributed by atoms with Crippen LogP contribution in [0.3, 0.4) is 0 Å². The first kappa shape index (κ1) is 17.7. The van der Waals surface area contributed by atoms with Gasteiger partial charge in [-0.1, -0.05) is 30.3 Å². The Morgan fingerprint density at radius 1 is 1.15 bits per heavy atom. The third-order valence-electron chi connectivity index (χ3n) is 4.97. The van der Waals surface area contributed by atoms with Gasteiger partial charge in [0.1, 0.15) is 11.5 Å². The largest absolute Gasteiger partial charge is 0.379 e. The van der Waals surface area contributed by atoms with E-state index in [2.05, 4.69) is 15.2 Å². The zero-order chi connectivity index (χ0) is 18.6. The van der Waals surface area contributed by atoms with Gasteiger partial charge in [0.15, 0.2) is 0 Å². The average Bonchev–Trinajstić information content (AvgIpc) is 3.14. The number of amides is 1. The van der Waals surface area contributed by atoms with Gasteiger partial charge in [0.05, 0.1) is 19.3 Å². The van der Waals surface area contributed by atoms with Crippen molar-refractivity contribution in [3.05, 3.63) is 71.7 Å². The number of rotatable bonds is 5. The van der Waals surface area contributed by atoms with Crippen LogP contribution in [0.4, 0.5) is 4.39 Å². The van der Waals surface area contributed by atoms with Gasteiger partial charge < -0.3 is 15.0 Å². The molecule has 27 heavy (non-hydrogen) atoms. The Kier molecular flexibility index (Phi) is 5.18. The van der Waals surface area contributed by atoms with E-state index in [0.717, 1.165) is 29.6 Å². The molecule has 2 N–H and O–H groups in total. The minimum absolute atomic E-state index is 0.0252. The van der Waals surface area contributed by atoms with Gasteiger partial charge in [0.2, 0.25) is 0 Å². The topological polar surface area (TPSA) is 57.4 Å². The third-order valence-corrected chi connectivity index (χ3v) is 4.97. The van der Waals surface area contributed by atoms with E-state index < -0.39 is 0 Å². The number of nitrogens with zero attached hydrogens (tertiary/aromatic N) is 1. The van der Waals surface area contributed by atoms with Crippen LogP contribution in [0.1, 0.15) is 22.1 Å². The quantitative estimate of drug-likeness (QED) is 0.729. The standard InChI is InChI=1S/C21H22FN3O2/c22-17-7-5-15(6-8-17)20(25-9-11-27-12-10-25)14-23-21(26)19-13-16-3-1-2-4-18(16)24-19/h1-8,13,20,24H,9-12,14H2,(H,23,26). The summed E-state index contributed by atoms with van der Waals surface area (Å²) >= 11 is 0. The first-order chi connectivity index (χ1) is 13.2. The molecule has 0 aliphatic carbocycles. The number of fused-ring (bicyclic) bond motifs is 1. The fraction of sp³-hybridized carbons (Fsp3) is 0.286. The Labute approximate surface area is 157 Å². The third kappa shape index (κ3) is 4.02. The molecule has 1 aromatic heterocycles. The number of para-hydroxylation sites is 1. The van der Waals surface area contributed by atoms with E-state index in [-0.39, 0.29) is 17.8 Å². The lowest BCUT2D eigenvalue weighted by atomic mass is 10.0. The highest BCUT2D eigenvalue weighted by molar-refractivity contribution is 5.97. The maximum Gasteiger partial charge on any atom is 0.267 e. The van der Waals surface area contributed by atoms with Gasteiger partial charge in [-0.25, -0.2) is 4.39 Å². The highest BCUT2D eigenvalue weighted by Crippen LogP contribution is 2.22. The molecular weight excluding hydrogens is 345 g/mol. The van der Waals surface area contributed by atoms with Crippen molar-refractivity contribution in [2.45, 2.75) is 6.04 Å². The molecular formula is C21H22FN3O2. The van der Waals surface area contributed by atoms with Crippen LogP contribution >= 0.6 is 0 Å². The molecule has 0 radical (unpaired) electrons. The van der Waals surface area contributed by atoms with E-state index in [4.69, 9.17) is 4.74 Å². The summed E-state index contributed by atoms with van der Waals surface area (Å²) in [5.41, 5.74) is 2.46. The first-order valence-corrected chi connectivity index (χ1v) is 9.14. The van der Waals surface area contributed by atoms with Crippen LogP contribution in [0.15, 0.2) is 54.6 Å². The molecule has 6 heteroatoms. The van der Waals surface area contributed by atoms with Crippen molar-refractivity contribution in [3.8, 4) is 0 Å². The molecule has 0 saturated carbocycles. The number of aromatic nitrogens is 1. The fourth-order valence-electron chi connectivity index (χ4n) is 3.51. The number of carbonyl (C=O) groups is 1. The Balaban J connectivity index is 1.50. The lowest BCUT2D eigenvalue weighted by molar-refractivity contribution is 0.0162. The number of carbonyl (C=O) groups excluding carboxylic acids is 1. The molecule has 1 unspecified atom stereocenters. The summed E-state index contributed by atoms with van der Waals surface area (Å²) in [6, 6.07) is 16.1. The van der Waals surface area contributed by atoms with Gasteiger partial charge >= 0.3 is 0 Å². The second-order valence-corrected chi connectivity index (χ2v) is 6.70. The van der Waals surface area contributed by atoms with Crippen LogP contribution in [0, 0.1) is 5.82 Å². The number of ether oxygens (including phenoxy) is 1. The molecule has 1 fully saturated rings. The summed E-state index contributed by atoms with van der Waals surface area (Å²) in [6.07, 6.45) is 0. The first-order valence-electron chi connectivity index (χ1n) is 9.14. The zero-order valence-corrected chi connectivity index (χ0v) is 15.0. The van der Waals surface area contributed by atoms with Gasteiger partial charge in [-0.05, 0) is 29.8 Å². The van der Waals surface area contributed by atoms with Gasteiger partial charge in [-0.2, -0.15) is 0 Å². The number of hydrogen-bond donors (Lipinski definition) is 2. The predicted octanol–water partition coefficient (Wildman–Crippen LogP) is 3.11. The van der Waals surface area contributed by atoms with Crippen molar-refractivity contribution in [3.63, 3.8) is 0 Å². The number of morpholine rings is 1. The van der Waals surface area contributed by atoms with Crippen molar-refractivity contribution in [1.82, 2.24) is 15.2 Å². The molecule has 0 bridgehead atoms. The Hall–Kier alpha value is -2.70. The maximum atomic E-state index is 13.3. The van der Waals surface area contributed by atoms with Gasteiger partial charge in [0, 0.05) is 30.5 Å². The molecule has 4 rings (SSSR count). The van der Waals surface area contributed by atoms with Crippen LogP contribution in [0.2, 0.25) is 0 Å². The average molecular weight is 367 g/mol. The minimum atomic E-state index is -0.262. The van der Waals surface area contributed by atoms with Crippen molar-refractivity contribution in [1.29, 1.82) is 0 Å². The van der Waals surface area contributed by atoms with E-state index in [0.29, 0.717) is 25.5 Å². The molecule has 1 amide bonds. The van der Waals surface area contributed by atoms with Gasteiger partial charge in [-0.15, -0.1) is 0 Å². The Morgan fingerprint density at radius 2 is 1.89 bits per heavy atom. The summed E-state index contributed by atoms with van der Waals surface area (Å²) in [4.78, 5) is 18.1. The molecule has 3 aromatic rings. The second kappa shape index (κ2) is 7.90. The number of hydrogen-bond acceptors (Lipinski definition) is 3. The molecule has 1 aliphatic rings. The highest BCUT2D eigenvalue weighted by atomic mass is 19.1. The van der Waals surface area contributed by atoms with Gasteiger partial charge in [-0.3, -0.25) is 9.69 Å². The van der Waals surface area contributed by atoms with Crippen LogP contribution in [0.5, 0.6) is 0 Å². The number of halogens is 1. The van der Waals surface area contributed by atoms with Crippen molar-refractivity contribution in [2.24, 2.45) is 0 Å². The lowest BCUT2D eigenvalue weighted by Gasteiger charge is -2.34. The van der Waals surface area contributed by atoms with Crippen molar-refractivity contribution < 1.29 is 13.9 Å². The van der Waals surface area contributed by atoms with Crippen LogP contribution in [0.25, 0.3) is 10.9 Å². The van der Waals surface area contributed by atoms with Crippen molar-refractivity contribution in [2.75, 3.05) is 32.8 Å². The molecule has 2 heterocycles. The zero-order valence-electron chi connectivity index (χ0n) is 15.0. The summed E-state index contributed by atoms with van der Waals surface area (Å²) in [5.74, 6) is -0.409. The number of nitrogens with one attached hydrogen (secondary N) is 2. The van der Waals surface area contributed by atoms with E-state index in [9.17, 15) is 9.18 Å². The SMILES string of the molecule is O=C(NCC(c1ccc(F)cc1)N1CCOCC1)c1cc2ccccc2[nH]1. The van der Waals surface area contributed by atoms with E-state index >= 15 is 0 Å². The molecule has 140 valence electrons.